The number of benzene rings is 1. The number of aromatic hydroxyl groups is 2. The van der Waals surface area contributed by atoms with Crippen molar-refractivity contribution in [1.29, 1.82) is 0 Å². The molecule has 2 saturated heterocycles. The Hall–Kier alpha value is -2.66. The Bertz CT molecular complexity index is 1060. The second kappa shape index (κ2) is 13.6. The number of likely N-dealkylation sites (tertiary alicyclic amines) is 2. The van der Waals surface area contributed by atoms with Crippen molar-refractivity contribution >= 4 is 36.6 Å². The number of methoxy groups -OCH3 is 1. The molecule has 2 N–H and O–H groups in total. The van der Waals surface area contributed by atoms with Crippen molar-refractivity contribution in [2.24, 2.45) is 0 Å². The molecule has 2 aliphatic rings. The van der Waals surface area contributed by atoms with Crippen LogP contribution in [-0.2, 0) is 0 Å². The number of nitrogens with zero attached hydrogens (tertiary/aromatic N) is 5. The highest BCUT2D eigenvalue weighted by molar-refractivity contribution is 6.04. The molecule has 0 bridgehead atoms. The molecule has 0 radical (unpaired) electrons. The van der Waals surface area contributed by atoms with Gasteiger partial charge in [0.2, 0.25) is 0 Å². The minimum absolute atomic E-state index is 0. The molecule has 2 amide bonds. The highest BCUT2D eigenvalue weighted by atomic mass is 35.5. The maximum Gasteiger partial charge on any atom is 0.274 e. The summed E-state index contributed by atoms with van der Waals surface area (Å²) in [6.07, 6.45) is 3.22. The van der Waals surface area contributed by atoms with E-state index in [2.05, 4.69) is 23.9 Å². The van der Waals surface area contributed by atoms with Gasteiger partial charge in [-0.1, -0.05) is 0 Å². The van der Waals surface area contributed by atoms with E-state index in [9.17, 15) is 19.8 Å². The fourth-order valence-corrected chi connectivity index (χ4v) is 5.36. The van der Waals surface area contributed by atoms with Crippen LogP contribution >= 0.6 is 24.8 Å². The van der Waals surface area contributed by atoms with Crippen molar-refractivity contribution in [3.05, 3.63) is 35.7 Å². The van der Waals surface area contributed by atoms with Crippen molar-refractivity contribution in [3.63, 3.8) is 0 Å². The Labute approximate surface area is 242 Å². The summed E-state index contributed by atoms with van der Waals surface area (Å²) in [5.41, 5.74) is 0.227. The SMILES string of the molecule is COc1ccc(-n2c(C(=O)N(C)C3CCN(C)CC3)c(O)c(O)c2C(=O)N(C)C2CCN(C)CC2)cc1.Cl.Cl. The molecule has 10 nitrogen and oxygen atoms in total. The van der Waals surface area contributed by atoms with Gasteiger partial charge in [-0.05, 0) is 90.2 Å². The van der Waals surface area contributed by atoms with E-state index in [1.807, 2.05) is 0 Å². The van der Waals surface area contributed by atoms with E-state index in [0.29, 0.717) is 11.4 Å². The van der Waals surface area contributed by atoms with Crippen LogP contribution in [0, 0.1) is 0 Å². The topological polar surface area (TPSA) is 102 Å². The minimum Gasteiger partial charge on any atom is -0.503 e. The van der Waals surface area contributed by atoms with Gasteiger partial charge in [-0.25, -0.2) is 0 Å². The van der Waals surface area contributed by atoms with E-state index in [1.54, 1.807) is 55.3 Å². The molecule has 3 heterocycles. The van der Waals surface area contributed by atoms with E-state index in [4.69, 9.17) is 4.74 Å². The third kappa shape index (κ3) is 6.57. The van der Waals surface area contributed by atoms with Gasteiger partial charge in [0.25, 0.3) is 11.8 Å². The first-order chi connectivity index (χ1) is 17.6. The third-order valence-corrected chi connectivity index (χ3v) is 7.97. The fourth-order valence-electron chi connectivity index (χ4n) is 5.36. The molecule has 12 heteroatoms. The molecule has 2 aliphatic heterocycles. The van der Waals surface area contributed by atoms with Crippen LogP contribution in [0.25, 0.3) is 5.69 Å². The van der Waals surface area contributed by atoms with E-state index in [0.717, 1.165) is 51.9 Å². The molecule has 0 spiro atoms. The van der Waals surface area contributed by atoms with Gasteiger partial charge in [0, 0.05) is 31.9 Å². The predicted molar refractivity (Wildman–Crippen MR) is 155 cm³/mol. The van der Waals surface area contributed by atoms with Crippen molar-refractivity contribution in [2.75, 3.05) is 61.5 Å². The molecule has 4 rings (SSSR count). The molecule has 0 aliphatic carbocycles. The van der Waals surface area contributed by atoms with Crippen LogP contribution in [0.2, 0.25) is 0 Å². The summed E-state index contributed by atoms with van der Waals surface area (Å²) < 4.78 is 6.67. The number of aromatic nitrogens is 1. The monoisotopic (exact) mass is 585 g/mol. The van der Waals surface area contributed by atoms with Crippen LogP contribution in [0.5, 0.6) is 17.2 Å². The maximum atomic E-state index is 13.8. The van der Waals surface area contributed by atoms with Gasteiger partial charge >= 0.3 is 0 Å². The van der Waals surface area contributed by atoms with Gasteiger partial charge < -0.3 is 34.5 Å². The quantitative estimate of drug-likeness (QED) is 0.537. The standard InChI is InChI=1S/C27H39N5O5.2ClH/c1-28-14-10-18(11-15-28)30(3)26(35)22-24(33)25(34)23(32(22)20-6-8-21(37-5)9-7-20)27(36)31(4)19-12-16-29(2)17-13-19;;/h6-9,18-19,33-34H,10-17H2,1-5H3;2*1H. The average molecular weight is 587 g/mol. The lowest BCUT2D eigenvalue weighted by Crippen LogP contribution is -2.45. The van der Waals surface area contributed by atoms with Crippen molar-refractivity contribution in [2.45, 2.75) is 37.8 Å². The second-order valence-corrected chi connectivity index (χ2v) is 10.3. The summed E-state index contributed by atoms with van der Waals surface area (Å²) in [4.78, 5) is 35.3. The first kappa shape index (κ1) is 32.6. The summed E-state index contributed by atoms with van der Waals surface area (Å²) in [6, 6.07) is 6.82. The lowest BCUT2D eigenvalue weighted by atomic mass is 10.0. The zero-order valence-corrected chi connectivity index (χ0v) is 24.9. The normalized spacial score (nSPS) is 17.2. The number of hydrogen-bond donors (Lipinski definition) is 2. The van der Waals surface area contributed by atoms with Crippen molar-refractivity contribution in [3.8, 4) is 22.9 Å². The number of halogens is 2. The summed E-state index contributed by atoms with van der Waals surface area (Å²) in [7, 11) is 9.09. The Morgan fingerprint density at radius 3 is 1.46 bits per heavy atom. The molecule has 218 valence electrons. The molecule has 1 aromatic carbocycles. The highest BCUT2D eigenvalue weighted by Crippen LogP contribution is 2.40. The summed E-state index contributed by atoms with van der Waals surface area (Å²) in [6.45, 7) is 3.46. The zero-order chi connectivity index (χ0) is 26.9. The summed E-state index contributed by atoms with van der Waals surface area (Å²) in [5, 5.41) is 22.1. The number of carbonyl (C=O) groups excluding carboxylic acids is 2. The van der Waals surface area contributed by atoms with Crippen LogP contribution in [0.4, 0.5) is 0 Å². The summed E-state index contributed by atoms with van der Waals surface area (Å²) in [5.74, 6) is -1.45. The van der Waals surface area contributed by atoms with E-state index in [1.165, 1.54) is 4.57 Å². The Morgan fingerprint density at radius 1 is 0.769 bits per heavy atom. The summed E-state index contributed by atoms with van der Waals surface area (Å²) >= 11 is 0. The lowest BCUT2D eigenvalue weighted by molar-refractivity contribution is 0.0642. The first-order valence-corrected chi connectivity index (χ1v) is 12.9. The van der Waals surface area contributed by atoms with Crippen LogP contribution in [0.15, 0.2) is 24.3 Å². The number of rotatable bonds is 6. The number of amides is 2. The van der Waals surface area contributed by atoms with Crippen LogP contribution in [0.1, 0.15) is 46.7 Å². The minimum atomic E-state index is -0.583. The molecule has 39 heavy (non-hydrogen) atoms. The molecule has 0 atom stereocenters. The number of hydrogen-bond acceptors (Lipinski definition) is 7. The van der Waals surface area contributed by atoms with E-state index < -0.39 is 23.3 Å². The Kier molecular flexibility index (Phi) is 11.4. The molecular weight excluding hydrogens is 545 g/mol. The second-order valence-electron chi connectivity index (χ2n) is 10.3. The van der Waals surface area contributed by atoms with Gasteiger partial charge in [-0.2, -0.15) is 0 Å². The largest absolute Gasteiger partial charge is 0.503 e. The van der Waals surface area contributed by atoms with Gasteiger partial charge in [-0.15, -0.1) is 24.8 Å². The lowest BCUT2D eigenvalue weighted by Gasteiger charge is -2.35. The van der Waals surface area contributed by atoms with Gasteiger partial charge in [-0.3, -0.25) is 14.2 Å². The molecule has 1 aromatic heterocycles. The van der Waals surface area contributed by atoms with Crippen LogP contribution in [-0.4, -0.2) is 120 Å². The van der Waals surface area contributed by atoms with Gasteiger partial charge in [0.15, 0.2) is 22.9 Å². The highest BCUT2D eigenvalue weighted by Gasteiger charge is 2.37. The number of carbonyl (C=O) groups is 2. The Morgan fingerprint density at radius 2 is 1.13 bits per heavy atom. The average Bonchev–Trinajstić information content (AvgIpc) is 3.18. The van der Waals surface area contributed by atoms with E-state index in [-0.39, 0.29) is 48.3 Å². The third-order valence-electron chi connectivity index (χ3n) is 7.97. The predicted octanol–water partition coefficient (Wildman–Crippen LogP) is 3.07. The first-order valence-electron chi connectivity index (χ1n) is 12.9. The van der Waals surface area contributed by atoms with Crippen molar-refractivity contribution in [1.82, 2.24) is 24.2 Å². The smallest absolute Gasteiger partial charge is 0.274 e. The Balaban J connectivity index is 0.00000267. The van der Waals surface area contributed by atoms with Crippen LogP contribution < -0.4 is 4.74 Å². The molecule has 0 saturated carbocycles. The van der Waals surface area contributed by atoms with Gasteiger partial charge in [0.1, 0.15) is 5.75 Å². The zero-order valence-electron chi connectivity index (χ0n) is 23.3. The van der Waals surface area contributed by atoms with Gasteiger partial charge in [0.05, 0.1) is 7.11 Å². The number of ether oxygens (including phenoxy) is 1. The maximum absolute atomic E-state index is 13.8. The molecule has 2 fully saturated rings. The van der Waals surface area contributed by atoms with Crippen LogP contribution in [0.3, 0.4) is 0 Å². The molecule has 0 unspecified atom stereocenters. The van der Waals surface area contributed by atoms with Crippen molar-refractivity contribution < 1.29 is 24.5 Å². The number of piperidine rings is 2. The van der Waals surface area contributed by atoms with E-state index >= 15 is 0 Å². The molecular formula is C27H41Cl2N5O5. The molecule has 2 aromatic rings. The fraction of sp³-hybridized carbons (Fsp3) is 0.556.